The molecule has 0 aromatic heterocycles. The highest BCUT2D eigenvalue weighted by Crippen LogP contribution is 2.46. The van der Waals surface area contributed by atoms with Gasteiger partial charge in [0.1, 0.15) is 0 Å². The lowest BCUT2D eigenvalue weighted by atomic mass is 9.84. The lowest BCUT2D eigenvalue weighted by Gasteiger charge is -2.36. The van der Waals surface area contributed by atoms with Crippen LogP contribution in [0.25, 0.3) is 0 Å². The Morgan fingerprint density at radius 1 is 1.03 bits per heavy atom. The Morgan fingerprint density at radius 3 is 2.30 bits per heavy atom. The highest BCUT2D eigenvalue weighted by molar-refractivity contribution is 5.84. The molecule has 1 aromatic carbocycles. The van der Waals surface area contributed by atoms with E-state index in [1.165, 1.54) is 0 Å². The van der Waals surface area contributed by atoms with Crippen LogP contribution < -0.4 is 5.32 Å². The number of hydrogen-bond donors (Lipinski definition) is 1. The van der Waals surface area contributed by atoms with Gasteiger partial charge >= 0.3 is 6.18 Å². The van der Waals surface area contributed by atoms with Gasteiger partial charge in [0.25, 0.3) is 0 Å². The third kappa shape index (κ3) is 4.33. The van der Waals surface area contributed by atoms with Crippen molar-refractivity contribution in [3.8, 4) is 0 Å². The predicted molar refractivity (Wildman–Crippen MR) is 105 cm³/mol. The van der Waals surface area contributed by atoms with E-state index in [-0.39, 0.29) is 37.4 Å². The Kier molecular flexibility index (Phi) is 5.79. The minimum atomic E-state index is -4.61. The highest BCUT2D eigenvalue weighted by atomic mass is 19.4. The number of hydrogen-bond acceptors (Lipinski definition) is 3. The molecule has 30 heavy (non-hydrogen) atoms. The molecule has 1 N–H and O–H groups in total. The molecule has 0 radical (unpaired) electrons. The maximum Gasteiger partial charge on any atom is 0.404 e. The fourth-order valence-corrected chi connectivity index (χ4v) is 4.57. The van der Waals surface area contributed by atoms with E-state index in [4.69, 9.17) is 0 Å². The minimum Gasteiger partial charge on any atom is -0.352 e. The van der Waals surface area contributed by atoms with E-state index in [1.54, 1.807) is 9.80 Å². The third-order valence-electron chi connectivity index (χ3n) is 6.64. The van der Waals surface area contributed by atoms with Crippen molar-refractivity contribution in [3.63, 3.8) is 0 Å². The van der Waals surface area contributed by atoms with Crippen LogP contribution in [0.1, 0.15) is 37.7 Å². The highest BCUT2D eigenvalue weighted by Gasteiger charge is 2.63. The van der Waals surface area contributed by atoms with Gasteiger partial charge in [0.15, 0.2) is 5.41 Å². The Morgan fingerprint density at radius 2 is 1.70 bits per heavy atom. The SMILES string of the molecule is O=C(C1CC1)N1CCC(NC(=O)C2(C(F)(F)F)CCN(Cc3ccccc3)C2)CC1. The van der Waals surface area contributed by atoms with Gasteiger partial charge in [0.2, 0.25) is 11.8 Å². The van der Waals surface area contributed by atoms with Gasteiger partial charge in [-0.15, -0.1) is 0 Å². The van der Waals surface area contributed by atoms with Crippen LogP contribution in [0.4, 0.5) is 13.2 Å². The largest absolute Gasteiger partial charge is 0.404 e. The molecule has 2 heterocycles. The summed E-state index contributed by atoms with van der Waals surface area (Å²) in [6, 6.07) is 9.02. The third-order valence-corrected chi connectivity index (χ3v) is 6.64. The second-order valence-corrected chi connectivity index (χ2v) is 8.87. The summed E-state index contributed by atoms with van der Waals surface area (Å²) < 4.78 is 42.2. The first-order chi connectivity index (χ1) is 14.3. The van der Waals surface area contributed by atoms with Crippen LogP contribution in [0.5, 0.6) is 0 Å². The lowest BCUT2D eigenvalue weighted by molar-refractivity contribution is -0.218. The zero-order valence-electron chi connectivity index (χ0n) is 17.0. The van der Waals surface area contributed by atoms with Crippen LogP contribution in [0.3, 0.4) is 0 Å². The normalized spacial score (nSPS) is 26.0. The maximum atomic E-state index is 14.1. The van der Waals surface area contributed by atoms with Crippen molar-refractivity contribution < 1.29 is 22.8 Å². The molecule has 4 rings (SSSR count). The van der Waals surface area contributed by atoms with Crippen LogP contribution in [0.2, 0.25) is 0 Å². The summed E-state index contributed by atoms with van der Waals surface area (Å²) in [6.45, 7) is 1.30. The molecule has 1 unspecified atom stereocenters. The number of rotatable bonds is 5. The molecule has 8 heteroatoms. The Balaban J connectivity index is 1.37. The molecular weight excluding hydrogens is 395 g/mol. The van der Waals surface area contributed by atoms with Crippen LogP contribution in [0.15, 0.2) is 30.3 Å². The van der Waals surface area contributed by atoms with Crippen molar-refractivity contribution in [1.29, 1.82) is 0 Å². The van der Waals surface area contributed by atoms with E-state index in [0.717, 1.165) is 18.4 Å². The first-order valence-electron chi connectivity index (χ1n) is 10.7. The maximum absolute atomic E-state index is 14.1. The molecule has 0 bridgehead atoms. The van der Waals surface area contributed by atoms with Crippen LogP contribution in [0, 0.1) is 11.3 Å². The standard InChI is InChI=1S/C22H28F3N3O2/c23-22(24,25)21(10-13-27(15-21)14-16-4-2-1-3-5-16)20(30)26-18-8-11-28(12-9-18)19(29)17-6-7-17/h1-5,17-18H,6-15H2,(H,26,30). The summed E-state index contributed by atoms with van der Waals surface area (Å²) in [4.78, 5) is 28.5. The van der Waals surface area contributed by atoms with Crippen molar-refractivity contribution in [3.05, 3.63) is 35.9 Å². The summed E-state index contributed by atoms with van der Waals surface area (Å²) >= 11 is 0. The molecule has 3 fully saturated rings. The summed E-state index contributed by atoms with van der Waals surface area (Å²) in [7, 11) is 0. The van der Waals surface area contributed by atoms with Gasteiger partial charge in [-0.25, -0.2) is 0 Å². The van der Waals surface area contributed by atoms with Gasteiger partial charge < -0.3 is 10.2 Å². The number of alkyl halides is 3. The van der Waals surface area contributed by atoms with Crippen molar-refractivity contribution in [2.75, 3.05) is 26.2 Å². The minimum absolute atomic E-state index is 0.138. The lowest BCUT2D eigenvalue weighted by Crippen LogP contribution is -2.56. The summed E-state index contributed by atoms with van der Waals surface area (Å²) in [6.07, 6.45) is -1.96. The average Bonchev–Trinajstić information content (AvgIpc) is 3.48. The zero-order chi connectivity index (χ0) is 21.4. The number of likely N-dealkylation sites (tertiary alicyclic amines) is 2. The molecule has 164 valence electrons. The number of carbonyl (C=O) groups excluding carboxylic acids is 2. The quantitative estimate of drug-likeness (QED) is 0.792. The van der Waals surface area contributed by atoms with Crippen molar-refractivity contribution in [2.24, 2.45) is 11.3 Å². The fourth-order valence-electron chi connectivity index (χ4n) is 4.57. The fraction of sp³-hybridized carbons (Fsp3) is 0.636. The Labute approximate surface area is 174 Å². The smallest absolute Gasteiger partial charge is 0.352 e. The zero-order valence-corrected chi connectivity index (χ0v) is 17.0. The van der Waals surface area contributed by atoms with Gasteiger partial charge in [0, 0.05) is 38.1 Å². The number of nitrogens with one attached hydrogen (secondary N) is 1. The van der Waals surface area contributed by atoms with Crippen molar-refractivity contribution >= 4 is 11.8 Å². The summed E-state index contributed by atoms with van der Waals surface area (Å²) in [5.74, 6) is -0.629. The van der Waals surface area contributed by atoms with E-state index in [1.807, 2.05) is 30.3 Å². The number of nitrogens with zero attached hydrogens (tertiary/aromatic N) is 2. The summed E-state index contributed by atoms with van der Waals surface area (Å²) in [5, 5.41) is 2.67. The molecule has 1 atom stereocenters. The predicted octanol–water partition coefficient (Wildman–Crippen LogP) is 2.96. The second-order valence-electron chi connectivity index (χ2n) is 8.87. The van der Waals surface area contributed by atoms with Crippen molar-refractivity contribution in [1.82, 2.24) is 15.1 Å². The average molecular weight is 423 g/mol. The van der Waals surface area contributed by atoms with Gasteiger partial charge in [-0.2, -0.15) is 13.2 Å². The molecule has 1 aromatic rings. The van der Waals surface area contributed by atoms with Crippen LogP contribution >= 0.6 is 0 Å². The first-order valence-corrected chi connectivity index (χ1v) is 10.7. The van der Waals surface area contributed by atoms with Gasteiger partial charge in [-0.1, -0.05) is 30.3 Å². The van der Waals surface area contributed by atoms with Crippen LogP contribution in [-0.2, 0) is 16.1 Å². The molecule has 3 aliphatic rings. The van der Waals surface area contributed by atoms with E-state index in [0.29, 0.717) is 32.5 Å². The molecule has 2 aliphatic heterocycles. The van der Waals surface area contributed by atoms with E-state index in [2.05, 4.69) is 5.32 Å². The number of halogens is 3. The summed E-state index contributed by atoms with van der Waals surface area (Å²) in [5.41, 5.74) is -1.44. The Hall–Kier alpha value is -2.09. The second kappa shape index (κ2) is 8.21. The molecule has 2 amide bonds. The molecule has 1 saturated carbocycles. The number of amides is 2. The van der Waals surface area contributed by atoms with Gasteiger partial charge in [-0.05, 0) is 44.2 Å². The van der Waals surface area contributed by atoms with Crippen molar-refractivity contribution in [2.45, 2.75) is 50.9 Å². The van der Waals surface area contributed by atoms with Crippen LogP contribution in [-0.4, -0.2) is 60.0 Å². The van der Waals surface area contributed by atoms with E-state index < -0.39 is 17.5 Å². The monoisotopic (exact) mass is 423 g/mol. The first kappa shape index (κ1) is 21.2. The molecule has 2 saturated heterocycles. The van der Waals surface area contributed by atoms with E-state index >= 15 is 0 Å². The van der Waals surface area contributed by atoms with Gasteiger partial charge in [0.05, 0.1) is 0 Å². The number of piperidine rings is 1. The number of benzene rings is 1. The molecular formula is C22H28F3N3O2. The Bertz CT molecular complexity index is 774. The molecule has 5 nitrogen and oxygen atoms in total. The topological polar surface area (TPSA) is 52.7 Å². The molecule has 0 spiro atoms. The van der Waals surface area contributed by atoms with Gasteiger partial charge in [-0.3, -0.25) is 14.5 Å². The number of carbonyl (C=O) groups is 2. The van der Waals surface area contributed by atoms with E-state index in [9.17, 15) is 22.8 Å². The molecule has 1 aliphatic carbocycles.